The van der Waals surface area contributed by atoms with E-state index in [2.05, 4.69) is 10.1 Å². The fraction of sp³-hybridized carbons (Fsp3) is 0.350. The molecule has 1 amide bonds. The summed E-state index contributed by atoms with van der Waals surface area (Å²) < 4.78 is 1.86. The summed E-state index contributed by atoms with van der Waals surface area (Å²) in [6.45, 7) is 1.56. The van der Waals surface area contributed by atoms with E-state index < -0.39 is 5.60 Å². The Morgan fingerprint density at radius 2 is 1.88 bits per heavy atom. The van der Waals surface area contributed by atoms with Crippen molar-refractivity contribution in [2.24, 2.45) is 0 Å². The maximum atomic E-state index is 12.5. The van der Waals surface area contributed by atoms with E-state index in [4.69, 9.17) is 0 Å². The standard InChI is InChI=1S/C20H22N4O2/c25-19(13-17-6-3-4-10-21-17)23-11-8-20(26,9-12-23)15-24-18-7-2-1-5-16(18)14-22-24/h1-7,10,14,26H,8-9,11-13,15H2. The summed E-state index contributed by atoms with van der Waals surface area (Å²) in [5.74, 6) is 0.0651. The Bertz CT molecular complexity index is 898. The van der Waals surface area contributed by atoms with Crippen molar-refractivity contribution in [3.8, 4) is 0 Å². The summed E-state index contributed by atoms with van der Waals surface area (Å²) >= 11 is 0. The molecule has 26 heavy (non-hydrogen) atoms. The summed E-state index contributed by atoms with van der Waals surface area (Å²) in [5.41, 5.74) is 0.965. The first kappa shape index (κ1) is 16.7. The second kappa shape index (κ2) is 6.88. The highest BCUT2D eigenvalue weighted by molar-refractivity contribution is 5.79. The molecule has 1 aliphatic rings. The van der Waals surface area contributed by atoms with Crippen LogP contribution in [0.15, 0.2) is 54.9 Å². The topological polar surface area (TPSA) is 71.2 Å². The molecule has 0 atom stereocenters. The third-order valence-electron chi connectivity index (χ3n) is 5.10. The van der Waals surface area contributed by atoms with Gasteiger partial charge in [-0.25, -0.2) is 0 Å². The Morgan fingerprint density at radius 3 is 2.65 bits per heavy atom. The zero-order valence-electron chi connectivity index (χ0n) is 14.6. The average molecular weight is 350 g/mol. The Balaban J connectivity index is 1.38. The van der Waals surface area contributed by atoms with Crippen LogP contribution in [0.4, 0.5) is 0 Å². The summed E-state index contributed by atoms with van der Waals surface area (Å²) in [6, 6.07) is 13.6. The number of likely N-dealkylation sites (tertiary alicyclic amines) is 1. The largest absolute Gasteiger partial charge is 0.388 e. The lowest BCUT2D eigenvalue weighted by Crippen LogP contribution is -2.49. The van der Waals surface area contributed by atoms with Crippen molar-refractivity contribution in [2.75, 3.05) is 13.1 Å². The first-order valence-corrected chi connectivity index (χ1v) is 8.94. The molecule has 134 valence electrons. The van der Waals surface area contributed by atoms with Crippen LogP contribution in [0.5, 0.6) is 0 Å². The Morgan fingerprint density at radius 1 is 1.12 bits per heavy atom. The number of rotatable bonds is 4. The second-order valence-electron chi connectivity index (χ2n) is 6.96. The van der Waals surface area contributed by atoms with E-state index in [9.17, 15) is 9.90 Å². The normalized spacial score (nSPS) is 16.7. The van der Waals surface area contributed by atoms with E-state index in [0.717, 1.165) is 16.6 Å². The fourth-order valence-corrected chi connectivity index (χ4v) is 3.53. The molecule has 0 radical (unpaired) electrons. The van der Waals surface area contributed by atoms with Gasteiger partial charge in [-0.1, -0.05) is 24.3 Å². The highest BCUT2D eigenvalue weighted by atomic mass is 16.3. The molecule has 3 aromatic rings. The number of carbonyl (C=O) groups excluding carboxylic acids is 1. The van der Waals surface area contributed by atoms with Crippen LogP contribution < -0.4 is 0 Å². The van der Waals surface area contributed by atoms with Gasteiger partial charge in [0.15, 0.2) is 0 Å². The van der Waals surface area contributed by atoms with Gasteiger partial charge < -0.3 is 10.0 Å². The van der Waals surface area contributed by atoms with Gasteiger partial charge in [0.05, 0.1) is 30.3 Å². The third-order valence-corrected chi connectivity index (χ3v) is 5.10. The lowest BCUT2D eigenvalue weighted by Gasteiger charge is -2.38. The molecule has 3 heterocycles. The molecule has 0 spiro atoms. The van der Waals surface area contributed by atoms with Gasteiger partial charge >= 0.3 is 0 Å². The van der Waals surface area contributed by atoms with Gasteiger partial charge in [-0.2, -0.15) is 5.10 Å². The van der Waals surface area contributed by atoms with E-state index in [0.29, 0.717) is 38.9 Å². The van der Waals surface area contributed by atoms with Crippen molar-refractivity contribution in [3.05, 3.63) is 60.6 Å². The molecule has 2 aromatic heterocycles. The van der Waals surface area contributed by atoms with E-state index in [1.54, 1.807) is 6.20 Å². The van der Waals surface area contributed by atoms with Crippen LogP contribution in [0.25, 0.3) is 10.9 Å². The number of para-hydroxylation sites is 1. The molecule has 6 heteroatoms. The van der Waals surface area contributed by atoms with E-state index in [1.807, 2.05) is 58.2 Å². The van der Waals surface area contributed by atoms with Gasteiger partial charge in [-0.05, 0) is 31.0 Å². The predicted octanol–water partition coefficient (Wildman–Crippen LogP) is 2.03. The van der Waals surface area contributed by atoms with E-state index >= 15 is 0 Å². The molecule has 1 aromatic carbocycles. The van der Waals surface area contributed by atoms with Gasteiger partial charge in [0.25, 0.3) is 0 Å². The third kappa shape index (κ3) is 3.46. The molecule has 1 N–H and O–H groups in total. The number of carbonyl (C=O) groups is 1. The summed E-state index contributed by atoms with van der Waals surface area (Å²) in [5, 5.41) is 16.5. The van der Waals surface area contributed by atoms with Crippen LogP contribution in [0.1, 0.15) is 18.5 Å². The molecule has 0 saturated carbocycles. The number of pyridine rings is 1. The number of aliphatic hydroxyl groups is 1. The van der Waals surface area contributed by atoms with E-state index in [-0.39, 0.29) is 5.91 Å². The van der Waals surface area contributed by atoms with Crippen LogP contribution in [-0.4, -0.2) is 49.4 Å². The SMILES string of the molecule is O=C(Cc1ccccn1)N1CCC(O)(Cn2ncc3ccccc32)CC1. The molecule has 0 bridgehead atoms. The molecule has 4 rings (SSSR count). The van der Waals surface area contributed by atoms with Crippen LogP contribution in [0.3, 0.4) is 0 Å². The van der Waals surface area contributed by atoms with Crippen LogP contribution in [-0.2, 0) is 17.8 Å². The number of hydrogen-bond donors (Lipinski definition) is 1. The maximum Gasteiger partial charge on any atom is 0.228 e. The predicted molar refractivity (Wildman–Crippen MR) is 98.4 cm³/mol. The van der Waals surface area contributed by atoms with Gasteiger partial charge in [-0.15, -0.1) is 0 Å². The van der Waals surface area contributed by atoms with Crippen molar-refractivity contribution in [1.82, 2.24) is 19.7 Å². The summed E-state index contributed by atoms with van der Waals surface area (Å²) in [6.07, 6.45) is 4.93. The zero-order valence-corrected chi connectivity index (χ0v) is 14.6. The lowest BCUT2D eigenvalue weighted by molar-refractivity contribution is -0.135. The first-order valence-electron chi connectivity index (χ1n) is 8.94. The smallest absolute Gasteiger partial charge is 0.228 e. The van der Waals surface area contributed by atoms with Crippen LogP contribution in [0, 0.1) is 0 Å². The van der Waals surface area contributed by atoms with Crippen molar-refractivity contribution in [3.63, 3.8) is 0 Å². The van der Waals surface area contributed by atoms with Gasteiger partial charge in [0, 0.05) is 30.4 Å². The van der Waals surface area contributed by atoms with E-state index in [1.165, 1.54) is 0 Å². The second-order valence-corrected chi connectivity index (χ2v) is 6.96. The molecular weight excluding hydrogens is 328 g/mol. The molecule has 0 aliphatic carbocycles. The highest BCUT2D eigenvalue weighted by Crippen LogP contribution is 2.26. The minimum atomic E-state index is -0.837. The Hall–Kier alpha value is -2.73. The van der Waals surface area contributed by atoms with Crippen molar-refractivity contribution < 1.29 is 9.90 Å². The quantitative estimate of drug-likeness (QED) is 0.781. The summed E-state index contributed by atoms with van der Waals surface area (Å²) in [7, 11) is 0. The van der Waals surface area contributed by atoms with Crippen molar-refractivity contribution in [2.45, 2.75) is 31.4 Å². The minimum absolute atomic E-state index is 0.0651. The molecule has 6 nitrogen and oxygen atoms in total. The number of nitrogens with zero attached hydrogens (tertiary/aromatic N) is 4. The average Bonchev–Trinajstić information content (AvgIpc) is 3.06. The monoisotopic (exact) mass is 350 g/mol. The van der Waals surface area contributed by atoms with Gasteiger partial charge in [-0.3, -0.25) is 14.5 Å². The number of amides is 1. The molecule has 1 saturated heterocycles. The maximum absolute atomic E-state index is 12.5. The van der Waals surface area contributed by atoms with Gasteiger partial charge in [0.2, 0.25) is 5.91 Å². The minimum Gasteiger partial charge on any atom is -0.388 e. The number of benzene rings is 1. The van der Waals surface area contributed by atoms with Crippen molar-refractivity contribution in [1.29, 1.82) is 0 Å². The first-order chi connectivity index (χ1) is 12.6. The Labute approximate surface area is 152 Å². The fourth-order valence-electron chi connectivity index (χ4n) is 3.53. The zero-order chi connectivity index (χ0) is 18.0. The number of fused-ring (bicyclic) bond motifs is 1. The molecule has 1 fully saturated rings. The van der Waals surface area contributed by atoms with Crippen LogP contribution in [0.2, 0.25) is 0 Å². The molecular formula is C20H22N4O2. The summed E-state index contributed by atoms with van der Waals surface area (Å²) in [4.78, 5) is 18.5. The number of piperidine rings is 1. The molecule has 1 aliphatic heterocycles. The van der Waals surface area contributed by atoms with Crippen molar-refractivity contribution >= 4 is 16.8 Å². The molecule has 0 unspecified atom stereocenters. The number of hydrogen-bond acceptors (Lipinski definition) is 4. The van der Waals surface area contributed by atoms with Gasteiger partial charge in [0.1, 0.15) is 0 Å². The Kier molecular flexibility index (Phi) is 4.42. The highest BCUT2D eigenvalue weighted by Gasteiger charge is 2.34. The number of aromatic nitrogens is 3. The van der Waals surface area contributed by atoms with Crippen LogP contribution >= 0.6 is 0 Å². The lowest BCUT2D eigenvalue weighted by atomic mass is 9.91.